The quantitative estimate of drug-likeness (QED) is 0.781. The number of halogens is 2. The highest BCUT2D eigenvalue weighted by molar-refractivity contribution is 7.89. The topological polar surface area (TPSA) is 89.4 Å². The number of sulfonamides is 1. The zero-order valence-corrected chi connectivity index (χ0v) is 9.92. The lowest BCUT2D eigenvalue weighted by Gasteiger charge is -2.21. The van der Waals surface area contributed by atoms with Gasteiger partial charge in [0.15, 0.2) is 0 Å². The van der Waals surface area contributed by atoms with Crippen molar-refractivity contribution in [1.29, 1.82) is 0 Å². The molecule has 4 N–H and O–H groups in total. The summed E-state index contributed by atoms with van der Waals surface area (Å²) in [6.45, 7) is -0.591. The molecule has 0 heterocycles. The fourth-order valence-electron chi connectivity index (χ4n) is 1.38. The number of primary sulfonamides is 1. The first-order valence-electron chi connectivity index (χ1n) is 4.63. The molecule has 0 aromatic heterocycles. The summed E-state index contributed by atoms with van der Waals surface area (Å²) in [6, 6.07) is 3.91. The van der Waals surface area contributed by atoms with Crippen molar-refractivity contribution >= 4 is 21.4 Å². The highest BCUT2D eigenvalue weighted by Gasteiger charge is 2.19. The zero-order valence-electron chi connectivity index (χ0n) is 9.10. The van der Waals surface area contributed by atoms with Crippen LogP contribution in [0.5, 0.6) is 0 Å². The van der Waals surface area contributed by atoms with Crippen LogP contribution in [0.15, 0.2) is 23.1 Å². The van der Waals surface area contributed by atoms with Crippen LogP contribution in [0.3, 0.4) is 0 Å². The summed E-state index contributed by atoms with van der Waals surface area (Å²) in [7, 11) is -2.65. The SMILES string of the molecule is CN(CC(F)F)c1ccc(N)cc1S(N)(=O)=O. The van der Waals surface area contributed by atoms with Gasteiger partial charge >= 0.3 is 0 Å². The Labute approximate surface area is 98.1 Å². The maximum atomic E-state index is 12.2. The summed E-state index contributed by atoms with van der Waals surface area (Å²) in [4.78, 5) is 0.852. The largest absolute Gasteiger partial charge is 0.399 e. The zero-order chi connectivity index (χ0) is 13.2. The highest BCUT2D eigenvalue weighted by atomic mass is 32.2. The molecule has 1 aromatic rings. The van der Waals surface area contributed by atoms with Crippen molar-refractivity contribution in [3.05, 3.63) is 18.2 Å². The third-order valence-corrected chi connectivity index (χ3v) is 3.05. The molecular weight excluding hydrogens is 252 g/mol. The number of nitrogen functional groups attached to an aromatic ring is 1. The van der Waals surface area contributed by atoms with E-state index in [0.29, 0.717) is 0 Å². The van der Waals surface area contributed by atoms with Gasteiger partial charge in [-0.3, -0.25) is 0 Å². The first kappa shape index (κ1) is 13.7. The van der Waals surface area contributed by atoms with Gasteiger partial charge in [-0.25, -0.2) is 22.3 Å². The predicted molar refractivity (Wildman–Crippen MR) is 61.5 cm³/mol. The summed E-state index contributed by atoms with van der Waals surface area (Å²) in [5, 5.41) is 5.00. The van der Waals surface area contributed by atoms with E-state index in [1.807, 2.05) is 0 Å². The van der Waals surface area contributed by atoms with Gasteiger partial charge in [0, 0.05) is 12.7 Å². The molecular formula is C9H13F2N3O2S. The third kappa shape index (κ3) is 3.53. The van der Waals surface area contributed by atoms with E-state index >= 15 is 0 Å². The van der Waals surface area contributed by atoms with E-state index in [1.54, 1.807) is 0 Å². The van der Waals surface area contributed by atoms with Crippen LogP contribution in [0.1, 0.15) is 0 Å². The Morgan fingerprint density at radius 1 is 1.41 bits per heavy atom. The van der Waals surface area contributed by atoms with Crippen molar-refractivity contribution in [1.82, 2.24) is 0 Å². The maximum Gasteiger partial charge on any atom is 0.255 e. The van der Waals surface area contributed by atoms with Crippen LogP contribution in [-0.4, -0.2) is 28.4 Å². The van der Waals surface area contributed by atoms with Crippen LogP contribution in [0.2, 0.25) is 0 Å². The average molecular weight is 265 g/mol. The van der Waals surface area contributed by atoms with Crippen LogP contribution in [0.25, 0.3) is 0 Å². The minimum absolute atomic E-state index is 0.0991. The summed E-state index contributed by atoms with van der Waals surface area (Å²) in [5.74, 6) is 0. The number of benzene rings is 1. The molecule has 0 fully saturated rings. The number of nitrogens with zero attached hydrogens (tertiary/aromatic N) is 1. The Balaban J connectivity index is 3.24. The van der Waals surface area contributed by atoms with Gasteiger partial charge < -0.3 is 10.6 Å². The van der Waals surface area contributed by atoms with Crippen LogP contribution in [0.4, 0.5) is 20.2 Å². The molecule has 0 aliphatic rings. The van der Waals surface area contributed by atoms with E-state index in [2.05, 4.69) is 0 Å². The van der Waals surface area contributed by atoms with E-state index in [1.165, 1.54) is 19.2 Å². The normalized spacial score (nSPS) is 11.8. The molecule has 0 spiro atoms. The fourth-order valence-corrected chi connectivity index (χ4v) is 2.20. The molecule has 0 radical (unpaired) electrons. The van der Waals surface area contributed by atoms with Crippen LogP contribution < -0.4 is 15.8 Å². The molecule has 0 aliphatic heterocycles. The van der Waals surface area contributed by atoms with Gasteiger partial charge in [0.05, 0.1) is 12.2 Å². The van der Waals surface area contributed by atoms with Crippen molar-refractivity contribution in [3.63, 3.8) is 0 Å². The molecule has 0 saturated carbocycles. The lowest BCUT2D eigenvalue weighted by Crippen LogP contribution is -2.27. The standard InChI is InChI=1S/C9H13F2N3O2S/c1-14(5-9(10)11)7-3-2-6(12)4-8(7)17(13,15)16/h2-4,9H,5,12H2,1H3,(H2,13,15,16). The molecule has 0 saturated heterocycles. The van der Waals surface area contributed by atoms with E-state index in [0.717, 1.165) is 11.0 Å². The molecule has 1 rings (SSSR count). The molecule has 8 heteroatoms. The molecule has 96 valence electrons. The molecule has 0 unspecified atom stereocenters. The second-order valence-electron chi connectivity index (χ2n) is 3.54. The number of anilines is 2. The molecule has 0 amide bonds. The van der Waals surface area contributed by atoms with E-state index in [4.69, 9.17) is 10.9 Å². The van der Waals surface area contributed by atoms with Crippen molar-refractivity contribution < 1.29 is 17.2 Å². The second-order valence-corrected chi connectivity index (χ2v) is 5.07. The number of hydrogen-bond donors (Lipinski definition) is 2. The Morgan fingerprint density at radius 2 is 2.00 bits per heavy atom. The monoisotopic (exact) mass is 265 g/mol. The van der Waals surface area contributed by atoms with E-state index in [9.17, 15) is 17.2 Å². The van der Waals surface area contributed by atoms with Gasteiger partial charge in [-0.05, 0) is 18.2 Å². The van der Waals surface area contributed by atoms with Gasteiger partial charge in [-0.1, -0.05) is 0 Å². The highest BCUT2D eigenvalue weighted by Crippen LogP contribution is 2.26. The predicted octanol–water partition coefficient (Wildman–Crippen LogP) is 0.618. The molecule has 0 aliphatic carbocycles. The number of alkyl halides is 2. The van der Waals surface area contributed by atoms with Crippen molar-refractivity contribution in [2.45, 2.75) is 11.3 Å². The van der Waals surface area contributed by atoms with Gasteiger partial charge in [-0.15, -0.1) is 0 Å². The lowest BCUT2D eigenvalue weighted by molar-refractivity contribution is 0.156. The smallest absolute Gasteiger partial charge is 0.255 e. The summed E-state index contributed by atoms with van der Waals surface area (Å²) in [5.41, 5.74) is 5.74. The minimum Gasteiger partial charge on any atom is -0.399 e. The average Bonchev–Trinajstić information content (AvgIpc) is 2.14. The van der Waals surface area contributed by atoms with Crippen LogP contribution >= 0.6 is 0 Å². The molecule has 0 atom stereocenters. The Kier molecular flexibility index (Phi) is 3.89. The molecule has 5 nitrogen and oxygen atoms in total. The summed E-state index contributed by atoms with van der Waals surface area (Å²) >= 11 is 0. The second kappa shape index (κ2) is 4.84. The van der Waals surface area contributed by atoms with Crippen LogP contribution in [0, 0.1) is 0 Å². The van der Waals surface area contributed by atoms with Crippen molar-refractivity contribution in [2.75, 3.05) is 24.2 Å². The van der Waals surface area contributed by atoms with Crippen LogP contribution in [-0.2, 0) is 10.0 Å². The lowest BCUT2D eigenvalue weighted by atomic mass is 10.2. The van der Waals surface area contributed by atoms with Gasteiger partial charge in [0.1, 0.15) is 4.90 Å². The molecule has 0 bridgehead atoms. The first-order valence-corrected chi connectivity index (χ1v) is 6.18. The number of hydrogen-bond acceptors (Lipinski definition) is 4. The maximum absolute atomic E-state index is 12.2. The number of rotatable bonds is 4. The number of nitrogens with two attached hydrogens (primary N) is 2. The van der Waals surface area contributed by atoms with Crippen molar-refractivity contribution in [2.24, 2.45) is 5.14 Å². The Hall–Kier alpha value is -1.41. The summed E-state index contributed by atoms with van der Waals surface area (Å²) in [6.07, 6.45) is -2.58. The van der Waals surface area contributed by atoms with Gasteiger partial charge in [-0.2, -0.15) is 0 Å². The Bertz CT molecular complexity index is 505. The first-order chi connectivity index (χ1) is 7.71. The Morgan fingerprint density at radius 3 is 2.47 bits per heavy atom. The summed E-state index contributed by atoms with van der Waals surface area (Å²) < 4.78 is 47.1. The van der Waals surface area contributed by atoms with E-state index in [-0.39, 0.29) is 16.3 Å². The van der Waals surface area contributed by atoms with Crippen molar-refractivity contribution in [3.8, 4) is 0 Å². The molecule has 17 heavy (non-hydrogen) atoms. The third-order valence-electron chi connectivity index (χ3n) is 2.11. The minimum atomic E-state index is -4.00. The fraction of sp³-hybridized carbons (Fsp3) is 0.333. The molecule has 1 aromatic carbocycles. The van der Waals surface area contributed by atoms with E-state index < -0.39 is 23.0 Å². The van der Waals surface area contributed by atoms with Gasteiger partial charge in [0.25, 0.3) is 6.43 Å². The van der Waals surface area contributed by atoms with Gasteiger partial charge in [0.2, 0.25) is 10.0 Å².